The van der Waals surface area contributed by atoms with Gasteiger partial charge in [0.2, 0.25) is 5.91 Å². The number of carbonyl (C=O) groups is 1. The van der Waals surface area contributed by atoms with Crippen LogP contribution >= 0.6 is 0 Å². The van der Waals surface area contributed by atoms with Gasteiger partial charge in [0.05, 0.1) is 6.54 Å². The second kappa shape index (κ2) is 6.11. The second-order valence-corrected chi connectivity index (χ2v) is 4.42. The van der Waals surface area contributed by atoms with E-state index in [0.29, 0.717) is 18.5 Å². The maximum atomic E-state index is 12.0. The summed E-state index contributed by atoms with van der Waals surface area (Å²) in [6.07, 6.45) is 3.55. The first-order valence-electron chi connectivity index (χ1n) is 6.20. The van der Waals surface area contributed by atoms with E-state index in [1.165, 1.54) is 12.8 Å². The molecule has 0 spiro atoms. The van der Waals surface area contributed by atoms with Gasteiger partial charge in [0.1, 0.15) is 0 Å². The number of carbonyl (C=O) groups excluding carboxylic acids is 1. The molecule has 1 amide bonds. The Labute approximate surface area is 93.4 Å². The molecule has 0 radical (unpaired) electrons. The summed E-state index contributed by atoms with van der Waals surface area (Å²) in [4.78, 5) is 16.3. The Morgan fingerprint density at radius 2 is 1.93 bits per heavy atom. The molecule has 1 atom stereocenters. The number of hydrogen-bond donors (Lipinski definition) is 0. The van der Waals surface area contributed by atoms with Crippen LogP contribution in [0.4, 0.5) is 0 Å². The topological polar surface area (TPSA) is 23.6 Å². The zero-order chi connectivity index (χ0) is 11.3. The van der Waals surface area contributed by atoms with Gasteiger partial charge in [-0.1, -0.05) is 6.92 Å². The molecule has 0 aliphatic carbocycles. The molecule has 0 aromatic heterocycles. The van der Waals surface area contributed by atoms with Crippen LogP contribution in [-0.2, 0) is 4.79 Å². The van der Waals surface area contributed by atoms with E-state index in [2.05, 4.69) is 25.7 Å². The zero-order valence-electron chi connectivity index (χ0n) is 10.3. The van der Waals surface area contributed by atoms with E-state index in [4.69, 9.17) is 0 Å². The minimum absolute atomic E-state index is 0.300. The van der Waals surface area contributed by atoms with Crippen molar-refractivity contribution in [2.45, 2.75) is 46.1 Å². The van der Waals surface area contributed by atoms with Crippen LogP contribution < -0.4 is 0 Å². The molecule has 1 fully saturated rings. The molecule has 1 rings (SSSR count). The summed E-state index contributed by atoms with van der Waals surface area (Å²) in [5, 5.41) is 0. The molecule has 1 heterocycles. The molecule has 1 aliphatic rings. The molecule has 0 bridgehead atoms. The van der Waals surface area contributed by atoms with Crippen molar-refractivity contribution < 1.29 is 4.79 Å². The van der Waals surface area contributed by atoms with Crippen molar-refractivity contribution in [2.24, 2.45) is 0 Å². The molecule has 3 nitrogen and oxygen atoms in total. The zero-order valence-corrected chi connectivity index (χ0v) is 10.3. The highest BCUT2D eigenvalue weighted by atomic mass is 16.2. The summed E-state index contributed by atoms with van der Waals surface area (Å²) in [6.45, 7) is 9.99. The molecule has 0 saturated carbocycles. The average Bonchev–Trinajstić information content (AvgIpc) is 2.71. The average molecular weight is 212 g/mol. The van der Waals surface area contributed by atoms with Gasteiger partial charge in [-0.25, -0.2) is 0 Å². The van der Waals surface area contributed by atoms with Gasteiger partial charge < -0.3 is 4.90 Å². The van der Waals surface area contributed by atoms with Crippen molar-refractivity contribution in [3.63, 3.8) is 0 Å². The molecule has 15 heavy (non-hydrogen) atoms. The van der Waals surface area contributed by atoms with Gasteiger partial charge in [-0.3, -0.25) is 9.69 Å². The highest BCUT2D eigenvalue weighted by Crippen LogP contribution is 2.09. The predicted octanol–water partition coefficient (Wildman–Crippen LogP) is 1.73. The normalized spacial score (nSPS) is 19.1. The molecule has 3 heteroatoms. The van der Waals surface area contributed by atoms with Gasteiger partial charge in [-0.15, -0.1) is 0 Å². The van der Waals surface area contributed by atoms with E-state index in [0.717, 1.165) is 26.1 Å². The smallest absolute Gasteiger partial charge is 0.236 e. The first kappa shape index (κ1) is 12.5. The SMILES string of the molecule is CCC(C)N(CC)C(=O)CN1CCCC1. The lowest BCUT2D eigenvalue weighted by atomic mass is 10.2. The van der Waals surface area contributed by atoms with E-state index in [1.54, 1.807) is 0 Å². The molecule has 1 aliphatic heterocycles. The molecule has 0 aromatic rings. The van der Waals surface area contributed by atoms with E-state index in [1.807, 2.05) is 4.90 Å². The second-order valence-electron chi connectivity index (χ2n) is 4.42. The Hall–Kier alpha value is -0.570. The van der Waals surface area contributed by atoms with E-state index in [-0.39, 0.29) is 0 Å². The molecule has 1 saturated heterocycles. The summed E-state index contributed by atoms with van der Waals surface area (Å²) in [5.41, 5.74) is 0. The highest BCUT2D eigenvalue weighted by Gasteiger charge is 2.21. The van der Waals surface area contributed by atoms with Crippen LogP contribution in [0.25, 0.3) is 0 Å². The first-order valence-corrected chi connectivity index (χ1v) is 6.20. The summed E-state index contributed by atoms with van der Waals surface area (Å²) in [6, 6.07) is 0.380. The van der Waals surface area contributed by atoms with Gasteiger partial charge in [-0.05, 0) is 46.2 Å². The molecule has 88 valence electrons. The number of hydrogen-bond acceptors (Lipinski definition) is 2. The molecular weight excluding hydrogens is 188 g/mol. The summed E-state index contributed by atoms with van der Waals surface area (Å²) < 4.78 is 0. The van der Waals surface area contributed by atoms with E-state index < -0.39 is 0 Å². The van der Waals surface area contributed by atoms with Gasteiger partial charge in [0, 0.05) is 12.6 Å². The monoisotopic (exact) mass is 212 g/mol. The third-order valence-corrected chi connectivity index (χ3v) is 3.34. The first-order chi connectivity index (χ1) is 7.19. The number of rotatable bonds is 5. The summed E-state index contributed by atoms with van der Waals surface area (Å²) in [7, 11) is 0. The van der Waals surface area contributed by atoms with Crippen molar-refractivity contribution in [3.8, 4) is 0 Å². The fourth-order valence-corrected chi connectivity index (χ4v) is 2.18. The standard InChI is InChI=1S/C12H24N2O/c1-4-11(3)14(5-2)12(15)10-13-8-6-7-9-13/h11H,4-10H2,1-3H3. The number of likely N-dealkylation sites (tertiary alicyclic amines) is 1. The van der Waals surface area contributed by atoms with Crippen molar-refractivity contribution >= 4 is 5.91 Å². The lowest BCUT2D eigenvalue weighted by molar-refractivity contribution is -0.134. The summed E-state index contributed by atoms with van der Waals surface area (Å²) in [5.74, 6) is 0.300. The number of amides is 1. The van der Waals surface area contributed by atoms with Crippen molar-refractivity contribution in [3.05, 3.63) is 0 Å². The third-order valence-electron chi connectivity index (χ3n) is 3.34. The van der Waals surface area contributed by atoms with E-state index in [9.17, 15) is 4.79 Å². The van der Waals surface area contributed by atoms with Crippen LogP contribution in [0.2, 0.25) is 0 Å². The van der Waals surface area contributed by atoms with Crippen LogP contribution in [0, 0.1) is 0 Å². The van der Waals surface area contributed by atoms with Gasteiger partial charge in [-0.2, -0.15) is 0 Å². The fraction of sp³-hybridized carbons (Fsp3) is 0.917. The Bertz CT molecular complexity index is 200. The van der Waals surface area contributed by atoms with Crippen molar-refractivity contribution in [1.82, 2.24) is 9.80 Å². The number of likely N-dealkylation sites (N-methyl/N-ethyl adjacent to an activating group) is 1. The van der Waals surface area contributed by atoms with Crippen LogP contribution in [0.3, 0.4) is 0 Å². The van der Waals surface area contributed by atoms with Gasteiger partial charge >= 0.3 is 0 Å². The minimum Gasteiger partial charge on any atom is -0.339 e. The van der Waals surface area contributed by atoms with Crippen LogP contribution in [0.15, 0.2) is 0 Å². The lowest BCUT2D eigenvalue weighted by Gasteiger charge is -2.29. The lowest BCUT2D eigenvalue weighted by Crippen LogP contribution is -2.43. The molecule has 0 aromatic carbocycles. The maximum absolute atomic E-state index is 12.0. The Morgan fingerprint density at radius 3 is 2.40 bits per heavy atom. The quantitative estimate of drug-likeness (QED) is 0.693. The minimum atomic E-state index is 0.300. The molecule has 0 N–H and O–H groups in total. The Kier molecular flexibility index (Phi) is 5.09. The largest absolute Gasteiger partial charge is 0.339 e. The van der Waals surface area contributed by atoms with Crippen LogP contribution in [0.1, 0.15) is 40.0 Å². The number of nitrogens with zero attached hydrogens (tertiary/aromatic N) is 2. The van der Waals surface area contributed by atoms with Crippen molar-refractivity contribution in [2.75, 3.05) is 26.2 Å². The predicted molar refractivity (Wildman–Crippen MR) is 62.8 cm³/mol. The highest BCUT2D eigenvalue weighted by molar-refractivity contribution is 5.78. The van der Waals surface area contributed by atoms with Crippen LogP contribution in [-0.4, -0.2) is 47.9 Å². The molecule has 1 unspecified atom stereocenters. The van der Waals surface area contributed by atoms with Crippen LogP contribution in [0.5, 0.6) is 0 Å². The Balaban J connectivity index is 2.41. The molecular formula is C12H24N2O. The maximum Gasteiger partial charge on any atom is 0.236 e. The van der Waals surface area contributed by atoms with Crippen molar-refractivity contribution in [1.29, 1.82) is 0 Å². The fourth-order valence-electron chi connectivity index (χ4n) is 2.18. The Morgan fingerprint density at radius 1 is 1.33 bits per heavy atom. The van der Waals surface area contributed by atoms with Gasteiger partial charge in [0.15, 0.2) is 0 Å². The van der Waals surface area contributed by atoms with E-state index >= 15 is 0 Å². The summed E-state index contributed by atoms with van der Waals surface area (Å²) >= 11 is 0. The van der Waals surface area contributed by atoms with Gasteiger partial charge in [0.25, 0.3) is 0 Å². The third kappa shape index (κ3) is 3.49.